The Morgan fingerprint density at radius 3 is 2.50 bits per heavy atom. The zero-order valence-corrected chi connectivity index (χ0v) is 23.5. The fourth-order valence-electron chi connectivity index (χ4n) is 5.33. The average molecular weight is 550 g/mol. The third kappa shape index (κ3) is 5.97. The molecule has 40 heavy (non-hydrogen) atoms. The first-order valence-corrected chi connectivity index (χ1v) is 13.7. The van der Waals surface area contributed by atoms with E-state index in [2.05, 4.69) is 32.9 Å². The monoisotopic (exact) mass is 549 g/mol. The highest BCUT2D eigenvalue weighted by Gasteiger charge is 2.42. The number of benzene rings is 2. The Balaban J connectivity index is 1.65. The predicted octanol–water partition coefficient (Wildman–Crippen LogP) is 6.15. The molecule has 0 amide bonds. The number of rotatable bonds is 10. The lowest BCUT2D eigenvalue weighted by atomic mass is 9.84. The summed E-state index contributed by atoms with van der Waals surface area (Å²) in [5, 5.41) is 53.8. The number of nitrogens with zero attached hydrogens (tertiary/aromatic N) is 1. The molecule has 8 heteroatoms. The number of hydrogen-bond donors (Lipinski definition) is 5. The summed E-state index contributed by atoms with van der Waals surface area (Å²) in [4.78, 5) is 12.3. The maximum absolute atomic E-state index is 12.3. The number of hydrogen-bond acceptors (Lipinski definition) is 6. The number of ether oxygens (including phenoxy) is 1. The first-order chi connectivity index (χ1) is 18.9. The van der Waals surface area contributed by atoms with Crippen LogP contribution in [0.5, 0.6) is 23.1 Å². The minimum absolute atomic E-state index is 0.0331. The second-order valence-electron chi connectivity index (χ2n) is 11.3. The number of aliphatic hydroxyl groups is 1. The van der Waals surface area contributed by atoms with Crippen LogP contribution >= 0.6 is 0 Å². The van der Waals surface area contributed by atoms with Crippen molar-refractivity contribution in [3.8, 4) is 23.1 Å². The summed E-state index contributed by atoms with van der Waals surface area (Å²) >= 11 is 0. The van der Waals surface area contributed by atoms with Gasteiger partial charge in [0.15, 0.2) is 5.88 Å². The third-order valence-electron chi connectivity index (χ3n) is 7.84. The van der Waals surface area contributed by atoms with Crippen molar-refractivity contribution >= 4 is 16.7 Å². The van der Waals surface area contributed by atoms with E-state index in [1.165, 1.54) is 34.0 Å². The Bertz CT molecular complexity index is 1460. The van der Waals surface area contributed by atoms with Gasteiger partial charge in [-0.25, -0.2) is 4.79 Å². The summed E-state index contributed by atoms with van der Waals surface area (Å²) < 4.78 is 7.63. The number of para-hydroxylation sites is 1. The predicted molar refractivity (Wildman–Crippen MR) is 154 cm³/mol. The number of carbonyl (C=O) groups is 1. The lowest BCUT2D eigenvalue weighted by molar-refractivity contribution is -0.141. The van der Waals surface area contributed by atoms with Gasteiger partial charge in [-0.1, -0.05) is 41.5 Å². The Labute approximate surface area is 234 Å². The highest BCUT2D eigenvalue weighted by molar-refractivity contribution is 5.96. The van der Waals surface area contributed by atoms with Gasteiger partial charge in [0.1, 0.15) is 28.9 Å². The summed E-state index contributed by atoms with van der Waals surface area (Å²) in [5.74, 6) is -1.37. The van der Waals surface area contributed by atoms with Crippen molar-refractivity contribution in [2.24, 2.45) is 0 Å². The number of allylic oxidation sites excluding steroid dienone is 4. The van der Waals surface area contributed by atoms with Crippen molar-refractivity contribution in [1.29, 1.82) is 0 Å². The van der Waals surface area contributed by atoms with Gasteiger partial charge in [-0.15, -0.1) is 0 Å². The Morgan fingerprint density at radius 2 is 1.82 bits per heavy atom. The molecule has 3 unspecified atom stereocenters. The van der Waals surface area contributed by atoms with Crippen LogP contribution in [0.15, 0.2) is 59.8 Å². The highest BCUT2D eigenvalue weighted by atomic mass is 16.5. The van der Waals surface area contributed by atoms with Crippen LogP contribution in [0.1, 0.15) is 70.5 Å². The van der Waals surface area contributed by atoms with E-state index >= 15 is 0 Å². The van der Waals surface area contributed by atoms with Crippen LogP contribution in [0.25, 0.3) is 10.8 Å². The smallest absolute Gasteiger partial charge is 0.327 e. The number of aromatic nitrogens is 1. The van der Waals surface area contributed by atoms with E-state index < -0.39 is 23.7 Å². The Morgan fingerprint density at radius 1 is 1.10 bits per heavy atom. The van der Waals surface area contributed by atoms with Crippen LogP contribution in [0.4, 0.5) is 0 Å². The summed E-state index contributed by atoms with van der Waals surface area (Å²) in [5.41, 5.74) is 2.44. The molecule has 214 valence electrons. The Kier molecular flexibility index (Phi) is 8.49. The van der Waals surface area contributed by atoms with Crippen LogP contribution in [-0.2, 0) is 17.6 Å². The Hall–Kier alpha value is -3.91. The van der Waals surface area contributed by atoms with Crippen LogP contribution < -0.4 is 4.74 Å². The largest absolute Gasteiger partial charge is 0.508 e. The maximum Gasteiger partial charge on any atom is 0.327 e. The maximum atomic E-state index is 12.3. The number of carboxylic acids is 1. The van der Waals surface area contributed by atoms with E-state index in [-0.39, 0.29) is 35.6 Å². The molecule has 0 radical (unpaired) electrons. The molecule has 3 aromatic rings. The van der Waals surface area contributed by atoms with Crippen molar-refractivity contribution in [2.45, 2.75) is 84.0 Å². The number of carboxylic acid groups (broad SMARTS) is 1. The van der Waals surface area contributed by atoms with E-state index in [9.17, 15) is 30.3 Å². The molecule has 8 nitrogen and oxygen atoms in total. The lowest BCUT2D eigenvalue weighted by Crippen LogP contribution is -2.48. The van der Waals surface area contributed by atoms with Gasteiger partial charge in [0.25, 0.3) is 0 Å². The SMILES string of the molecule is CC(C)=CCCC(C)=CCCC1(C)Oc2c(c(O)cc3c(O)n(C(Cc4ccccc4O)C(=O)O)cc23)CC1O. The summed E-state index contributed by atoms with van der Waals surface area (Å²) in [6.45, 7) is 8.09. The molecule has 0 bridgehead atoms. The van der Waals surface area contributed by atoms with Gasteiger partial charge in [0.2, 0.25) is 0 Å². The quantitative estimate of drug-likeness (QED) is 0.192. The minimum atomic E-state index is -1.22. The van der Waals surface area contributed by atoms with Crippen LogP contribution in [0, 0.1) is 0 Å². The molecule has 1 aliphatic rings. The molecule has 1 aliphatic heterocycles. The van der Waals surface area contributed by atoms with Crippen molar-refractivity contribution < 1.29 is 35.1 Å². The van der Waals surface area contributed by atoms with E-state index in [0.29, 0.717) is 35.1 Å². The number of aliphatic hydroxyl groups excluding tert-OH is 1. The van der Waals surface area contributed by atoms with Gasteiger partial charge in [0, 0.05) is 30.0 Å². The zero-order chi connectivity index (χ0) is 29.2. The molecule has 5 N–H and O–H groups in total. The third-order valence-corrected chi connectivity index (χ3v) is 7.84. The molecular formula is C32H39NO7. The van der Waals surface area contributed by atoms with Crippen molar-refractivity contribution in [3.05, 3.63) is 71.0 Å². The molecule has 0 saturated heterocycles. The molecule has 1 aromatic heterocycles. The topological polar surface area (TPSA) is 132 Å². The summed E-state index contributed by atoms with van der Waals surface area (Å²) in [6, 6.07) is 6.61. The zero-order valence-electron chi connectivity index (χ0n) is 23.5. The average Bonchev–Trinajstić information content (AvgIpc) is 3.20. The van der Waals surface area contributed by atoms with E-state index in [0.717, 1.165) is 12.8 Å². The first kappa shape index (κ1) is 29.1. The fraction of sp³-hybridized carbons (Fsp3) is 0.406. The normalized spacial score (nSPS) is 19.6. The number of phenolic OH excluding ortho intramolecular Hbond substituents is 2. The molecule has 2 heterocycles. The molecule has 2 aromatic carbocycles. The van der Waals surface area contributed by atoms with E-state index in [1.54, 1.807) is 18.2 Å². The first-order valence-electron chi connectivity index (χ1n) is 13.7. The van der Waals surface area contributed by atoms with Crippen molar-refractivity contribution in [3.63, 3.8) is 0 Å². The van der Waals surface area contributed by atoms with Gasteiger partial charge in [-0.05, 0) is 71.1 Å². The summed E-state index contributed by atoms with van der Waals surface area (Å²) in [6.07, 6.45) is 8.26. The van der Waals surface area contributed by atoms with Gasteiger partial charge in [0.05, 0.1) is 11.5 Å². The standard InChI is InChI=1S/C32H39NO7/c1-19(2)9-7-10-20(3)11-8-14-32(4)28(36)17-23-27(35)16-22-24(29(23)40-32)18-33(30(22)37)25(31(38)39)15-21-12-5-6-13-26(21)34/h5-6,9,11-13,16,18,25,28,34-37H,7-8,10,14-15,17H2,1-4H3,(H,38,39). The second-order valence-corrected chi connectivity index (χ2v) is 11.3. The minimum Gasteiger partial charge on any atom is -0.508 e. The molecule has 4 rings (SSSR count). The highest BCUT2D eigenvalue weighted by Crippen LogP contribution is 2.48. The molecule has 0 saturated carbocycles. The van der Waals surface area contributed by atoms with E-state index in [1.807, 2.05) is 6.92 Å². The number of aromatic hydroxyl groups is 3. The van der Waals surface area contributed by atoms with Gasteiger partial charge in [-0.2, -0.15) is 0 Å². The summed E-state index contributed by atoms with van der Waals surface area (Å²) in [7, 11) is 0. The number of aliphatic carboxylic acids is 1. The number of phenols is 2. The molecular weight excluding hydrogens is 510 g/mol. The lowest BCUT2D eigenvalue weighted by Gasteiger charge is -2.40. The molecule has 3 atom stereocenters. The molecule has 0 fully saturated rings. The second kappa shape index (κ2) is 11.7. The van der Waals surface area contributed by atoms with Crippen LogP contribution in [0.2, 0.25) is 0 Å². The van der Waals surface area contributed by atoms with Crippen molar-refractivity contribution in [1.82, 2.24) is 4.57 Å². The number of fused-ring (bicyclic) bond motifs is 3. The van der Waals surface area contributed by atoms with Crippen LogP contribution in [-0.4, -0.2) is 47.8 Å². The van der Waals surface area contributed by atoms with E-state index in [4.69, 9.17) is 4.74 Å². The van der Waals surface area contributed by atoms with Gasteiger partial charge < -0.3 is 34.8 Å². The van der Waals surface area contributed by atoms with Gasteiger partial charge in [-0.3, -0.25) is 0 Å². The van der Waals surface area contributed by atoms with Crippen LogP contribution in [0.3, 0.4) is 0 Å². The molecule has 0 spiro atoms. The molecule has 0 aliphatic carbocycles. The fourth-order valence-corrected chi connectivity index (χ4v) is 5.33. The van der Waals surface area contributed by atoms with Crippen molar-refractivity contribution in [2.75, 3.05) is 0 Å². The van der Waals surface area contributed by atoms with Gasteiger partial charge >= 0.3 is 5.97 Å².